The summed E-state index contributed by atoms with van der Waals surface area (Å²) in [6, 6.07) is 10.7. The number of pyridine rings is 1. The number of likely N-dealkylation sites (tertiary alicyclic amines) is 1. The second kappa shape index (κ2) is 13.6. The van der Waals surface area contributed by atoms with Gasteiger partial charge in [-0.15, -0.1) is 11.8 Å². The Morgan fingerprint density at radius 2 is 2.00 bits per heavy atom. The Morgan fingerprint density at radius 1 is 1.24 bits per heavy atom. The average Bonchev–Trinajstić information content (AvgIpc) is 2.97. The third-order valence-electron chi connectivity index (χ3n) is 7.74. The fourth-order valence-corrected chi connectivity index (χ4v) is 6.52. The fraction of sp³-hybridized carbons (Fsp3) is 0.448. The first kappa shape index (κ1) is 31.4. The minimum absolute atomic E-state index is 0.247. The summed E-state index contributed by atoms with van der Waals surface area (Å²) >= 11 is 7.83. The quantitative estimate of drug-likeness (QED) is 0.0986. The molecule has 7 nitrogen and oxygen atoms in total. The molecule has 1 aliphatic rings. The van der Waals surface area contributed by atoms with E-state index in [2.05, 4.69) is 9.88 Å². The number of hydrogen-bond donors (Lipinski definition) is 3. The fourth-order valence-electron chi connectivity index (χ4n) is 5.35. The van der Waals surface area contributed by atoms with Crippen LogP contribution < -0.4 is 10.2 Å². The van der Waals surface area contributed by atoms with Gasteiger partial charge in [-0.05, 0) is 93.9 Å². The largest absolute Gasteiger partial charge is 0.497 e. The highest BCUT2D eigenvalue weighted by Crippen LogP contribution is 2.41. The summed E-state index contributed by atoms with van der Waals surface area (Å²) < 4.78 is 44.2. The van der Waals surface area contributed by atoms with Gasteiger partial charge in [0.25, 0.3) is 0 Å². The van der Waals surface area contributed by atoms with Crippen LogP contribution in [0.1, 0.15) is 49.3 Å². The van der Waals surface area contributed by atoms with Crippen molar-refractivity contribution in [1.82, 2.24) is 15.4 Å². The molecule has 12 heteroatoms. The third kappa shape index (κ3) is 7.64. The van der Waals surface area contributed by atoms with E-state index in [1.165, 1.54) is 30.1 Å². The standard InChI is InChI=1S/C29H33ClF3N3O4S/c1-40-20-6-7-24-22(17-20)26(23(30)18-34-24)25(37)8-9-28(27(38)35-39)10-13-36(14-11-28)12-3-15-41-21-5-2-4-19(16-21)29(31,32)33/h2,4-7,16-18,25,37,39H,3,8-15H2,1H3,(H,35,38)/t25-/m1/s1. The molecule has 41 heavy (non-hydrogen) atoms. The van der Waals surface area contributed by atoms with E-state index in [1.807, 2.05) is 5.48 Å². The Balaban J connectivity index is 1.33. The van der Waals surface area contributed by atoms with Gasteiger partial charge in [-0.25, -0.2) is 5.48 Å². The smallest absolute Gasteiger partial charge is 0.416 e. The van der Waals surface area contributed by atoms with E-state index < -0.39 is 29.2 Å². The minimum atomic E-state index is -4.36. The summed E-state index contributed by atoms with van der Waals surface area (Å²) in [6.07, 6.45) is -1.49. The van der Waals surface area contributed by atoms with Gasteiger partial charge in [-0.2, -0.15) is 13.2 Å². The van der Waals surface area contributed by atoms with E-state index in [0.717, 1.165) is 19.0 Å². The predicted octanol–water partition coefficient (Wildman–Crippen LogP) is 6.50. The molecule has 0 spiro atoms. The molecule has 0 aliphatic carbocycles. The van der Waals surface area contributed by atoms with E-state index in [-0.39, 0.29) is 6.42 Å². The average molecular weight is 612 g/mol. The zero-order chi connectivity index (χ0) is 29.6. The molecule has 1 aromatic heterocycles. The number of carbonyl (C=O) groups is 1. The highest BCUT2D eigenvalue weighted by molar-refractivity contribution is 7.99. The molecule has 3 N–H and O–H groups in total. The number of halogens is 4. The number of methoxy groups -OCH3 is 1. The molecule has 1 amide bonds. The van der Waals surface area contributed by atoms with Crippen LogP contribution in [0.25, 0.3) is 10.9 Å². The second-order valence-corrected chi connectivity index (χ2v) is 11.8. The van der Waals surface area contributed by atoms with Gasteiger partial charge in [0.2, 0.25) is 5.91 Å². The van der Waals surface area contributed by atoms with E-state index >= 15 is 0 Å². The SMILES string of the molecule is COc1ccc2ncc(Cl)c([C@H](O)CCC3(C(=O)NO)CCN(CCCSc4cccc(C(F)(F)F)c4)CC3)c2c1. The lowest BCUT2D eigenvalue weighted by molar-refractivity contribution is -0.144. The molecule has 0 bridgehead atoms. The molecule has 1 fully saturated rings. The Labute approximate surface area is 246 Å². The predicted molar refractivity (Wildman–Crippen MR) is 152 cm³/mol. The van der Waals surface area contributed by atoms with Gasteiger partial charge in [0, 0.05) is 22.0 Å². The molecule has 0 saturated carbocycles. The van der Waals surface area contributed by atoms with Crippen molar-refractivity contribution >= 4 is 40.2 Å². The van der Waals surface area contributed by atoms with Gasteiger partial charge < -0.3 is 14.7 Å². The Kier molecular flexibility index (Phi) is 10.4. The van der Waals surface area contributed by atoms with Crippen LogP contribution >= 0.6 is 23.4 Å². The number of carbonyl (C=O) groups excluding carboxylic acids is 1. The number of hydroxylamine groups is 1. The highest BCUT2D eigenvalue weighted by atomic mass is 35.5. The van der Waals surface area contributed by atoms with Crippen molar-refractivity contribution in [2.45, 2.75) is 49.3 Å². The molecule has 4 rings (SSSR count). The second-order valence-electron chi connectivity index (χ2n) is 10.2. The first-order valence-corrected chi connectivity index (χ1v) is 14.7. The van der Waals surface area contributed by atoms with Gasteiger partial charge in [-0.1, -0.05) is 17.7 Å². The van der Waals surface area contributed by atoms with Crippen LogP contribution in [0, 0.1) is 5.41 Å². The van der Waals surface area contributed by atoms with Crippen molar-refractivity contribution in [1.29, 1.82) is 0 Å². The summed E-state index contributed by atoms with van der Waals surface area (Å²) in [5.41, 5.74) is 1.49. The highest BCUT2D eigenvalue weighted by Gasteiger charge is 2.41. The summed E-state index contributed by atoms with van der Waals surface area (Å²) in [5, 5.41) is 21.7. The summed E-state index contributed by atoms with van der Waals surface area (Å²) in [4.78, 5) is 19.9. The number of hydrogen-bond acceptors (Lipinski definition) is 7. The zero-order valence-electron chi connectivity index (χ0n) is 22.6. The number of alkyl halides is 3. The summed E-state index contributed by atoms with van der Waals surface area (Å²) in [7, 11) is 1.55. The molecular weight excluding hydrogens is 579 g/mol. The van der Waals surface area contributed by atoms with Gasteiger partial charge in [0.1, 0.15) is 5.75 Å². The minimum Gasteiger partial charge on any atom is -0.497 e. The van der Waals surface area contributed by atoms with Crippen molar-refractivity contribution in [3.63, 3.8) is 0 Å². The van der Waals surface area contributed by atoms with Gasteiger partial charge in [0.15, 0.2) is 0 Å². The van der Waals surface area contributed by atoms with E-state index in [4.69, 9.17) is 16.3 Å². The maximum absolute atomic E-state index is 13.0. The molecule has 222 valence electrons. The van der Waals surface area contributed by atoms with Crippen LogP contribution in [0.2, 0.25) is 5.02 Å². The van der Waals surface area contributed by atoms with Crippen LogP contribution in [0.5, 0.6) is 5.75 Å². The van der Waals surface area contributed by atoms with Crippen LogP contribution in [0.3, 0.4) is 0 Å². The number of aliphatic hydroxyl groups excluding tert-OH is 1. The molecule has 2 heterocycles. The third-order valence-corrected chi connectivity index (χ3v) is 9.12. The van der Waals surface area contributed by atoms with Crippen molar-refractivity contribution in [3.05, 3.63) is 64.8 Å². The first-order chi connectivity index (χ1) is 19.6. The first-order valence-electron chi connectivity index (χ1n) is 13.3. The topological polar surface area (TPSA) is 94.9 Å². The lowest BCUT2D eigenvalue weighted by Gasteiger charge is -2.40. The number of amides is 1. The molecular formula is C29H33ClF3N3O4S. The molecule has 1 aliphatic heterocycles. The van der Waals surface area contributed by atoms with Crippen LogP contribution in [-0.4, -0.2) is 58.6 Å². The number of fused-ring (bicyclic) bond motifs is 1. The number of benzene rings is 2. The number of ether oxygens (including phenoxy) is 1. The Bertz CT molecular complexity index is 1350. The monoisotopic (exact) mass is 611 g/mol. The molecule has 3 aromatic rings. The molecule has 0 radical (unpaired) electrons. The number of rotatable bonds is 11. The molecule has 0 unspecified atom stereocenters. The summed E-state index contributed by atoms with van der Waals surface area (Å²) in [6.45, 7) is 1.98. The number of nitrogens with zero attached hydrogens (tertiary/aromatic N) is 2. The Hall–Kier alpha value is -2.57. The molecule has 1 saturated heterocycles. The lowest BCUT2D eigenvalue weighted by Crippen LogP contribution is -2.48. The number of thioether (sulfide) groups is 1. The van der Waals surface area contributed by atoms with Crippen LogP contribution in [0.4, 0.5) is 13.2 Å². The summed E-state index contributed by atoms with van der Waals surface area (Å²) in [5.74, 6) is 0.793. The van der Waals surface area contributed by atoms with Crippen LogP contribution in [-0.2, 0) is 11.0 Å². The van der Waals surface area contributed by atoms with Crippen molar-refractivity contribution < 1.29 is 33.0 Å². The van der Waals surface area contributed by atoms with E-state index in [9.17, 15) is 28.3 Å². The van der Waals surface area contributed by atoms with Gasteiger partial charge >= 0.3 is 6.18 Å². The number of aliphatic hydroxyl groups is 1. The maximum atomic E-state index is 13.0. The van der Waals surface area contributed by atoms with Crippen LogP contribution in [0.15, 0.2) is 53.6 Å². The number of aromatic nitrogens is 1. The zero-order valence-corrected chi connectivity index (χ0v) is 24.2. The normalized spacial score (nSPS) is 16.5. The number of nitrogens with one attached hydrogen (secondary N) is 1. The van der Waals surface area contributed by atoms with Crippen molar-refractivity contribution in [3.8, 4) is 5.75 Å². The van der Waals surface area contributed by atoms with Crippen molar-refractivity contribution in [2.24, 2.45) is 5.41 Å². The van der Waals surface area contributed by atoms with Crippen molar-refractivity contribution in [2.75, 3.05) is 32.5 Å². The van der Waals surface area contributed by atoms with Gasteiger partial charge in [-0.3, -0.25) is 15.0 Å². The number of piperidine rings is 1. The lowest BCUT2D eigenvalue weighted by atomic mass is 9.73. The molecule has 1 atom stereocenters. The van der Waals surface area contributed by atoms with E-state index in [0.29, 0.717) is 70.2 Å². The van der Waals surface area contributed by atoms with Gasteiger partial charge in [0.05, 0.1) is 34.7 Å². The molecule has 2 aromatic carbocycles. The van der Waals surface area contributed by atoms with E-state index in [1.54, 1.807) is 31.4 Å². The Morgan fingerprint density at radius 3 is 2.68 bits per heavy atom. The maximum Gasteiger partial charge on any atom is 0.416 e.